The van der Waals surface area contributed by atoms with E-state index in [0.29, 0.717) is 6.42 Å². The van der Waals surface area contributed by atoms with Crippen molar-refractivity contribution in [3.8, 4) is 0 Å². The molecule has 0 radical (unpaired) electrons. The molecular formula is C12H14N2O4. The van der Waals surface area contributed by atoms with Crippen LogP contribution in [0.1, 0.15) is 12.8 Å². The number of nitro groups is 1. The molecule has 1 saturated heterocycles. The third-order valence-corrected chi connectivity index (χ3v) is 2.98. The second-order valence-electron chi connectivity index (χ2n) is 4.17. The number of hydrogen-bond acceptors (Lipinski definition) is 4. The Labute approximate surface area is 104 Å². The van der Waals surface area contributed by atoms with Crippen LogP contribution < -0.4 is 4.90 Å². The van der Waals surface area contributed by atoms with Gasteiger partial charge in [-0.3, -0.25) is 14.9 Å². The van der Waals surface area contributed by atoms with Crippen LogP contribution in [0.4, 0.5) is 5.69 Å². The largest absolute Gasteiger partial charge is 0.316 e. The van der Waals surface area contributed by atoms with Gasteiger partial charge < -0.3 is 9.64 Å². The Hall–Kier alpha value is -1.95. The van der Waals surface area contributed by atoms with E-state index in [4.69, 9.17) is 4.74 Å². The van der Waals surface area contributed by atoms with Crippen LogP contribution in [0.2, 0.25) is 0 Å². The predicted molar refractivity (Wildman–Crippen MR) is 64.7 cm³/mol. The van der Waals surface area contributed by atoms with Crippen molar-refractivity contribution < 1.29 is 14.5 Å². The normalized spacial score (nSPS) is 22.7. The third-order valence-electron chi connectivity index (χ3n) is 2.98. The summed E-state index contributed by atoms with van der Waals surface area (Å²) in [6, 6.07) is 9.12. The molecule has 1 amide bonds. The molecule has 1 aliphatic heterocycles. The number of carbonyl (C=O) groups is 1. The molecule has 2 unspecified atom stereocenters. The predicted octanol–water partition coefficient (Wildman–Crippen LogP) is 1.43. The fraction of sp³-hybridized carbons (Fsp3) is 0.417. The second-order valence-corrected chi connectivity index (χ2v) is 4.17. The number of ether oxygens (including phenoxy) is 1. The van der Waals surface area contributed by atoms with Crippen molar-refractivity contribution in [2.75, 3.05) is 11.9 Å². The van der Waals surface area contributed by atoms with E-state index in [2.05, 4.69) is 0 Å². The van der Waals surface area contributed by atoms with Crippen molar-refractivity contribution in [3.63, 3.8) is 0 Å². The number of hydrogen-bond donors (Lipinski definition) is 0. The summed E-state index contributed by atoms with van der Waals surface area (Å²) in [5, 5.41) is 10.6. The first kappa shape index (κ1) is 12.5. The molecule has 1 aliphatic rings. The van der Waals surface area contributed by atoms with Crippen LogP contribution in [0.15, 0.2) is 30.3 Å². The zero-order chi connectivity index (χ0) is 13.1. The number of nitrogens with zero attached hydrogens (tertiary/aromatic N) is 2. The van der Waals surface area contributed by atoms with E-state index in [9.17, 15) is 14.9 Å². The average molecular weight is 250 g/mol. The molecule has 6 heteroatoms. The van der Waals surface area contributed by atoms with Gasteiger partial charge in [0, 0.05) is 19.2 Å². The summed E-state index contributed by atoms with van der Waals surface area (Å²) in [7, 11) is 1.64. The van der Waals surface area contributed by atoms with Gasteiger partial charge in [-0.05, 0) is 18.6 Å². The van der Waals surface area contributed by atoms with Crippen molar-refractivity contribution in [1.29, 1.82) is 0 Å². The van der Waals surface area contributed by atoms with E-state index < -0.39 is 17.3 Å². The zero-order valence-corrected chi connectivity index (χ0v) is 9.98. The molecule has 0 aromatic heterocycles. The summed E-state index contributed by atoms with van der Waals surface area (Å²) in [5.74, 6) is -0.245. The van der Waals surface area contributed by atoms with Crippen LogP contribution >= 0.6 is 0 Å². The number of amides is 1. The maximum atomic E-state index is 12.1. The molecule has 2 rings (SSSR count). The smallest absolute Gasteiger partial charge is 0.313 e. The fourth-order valence-corrected chi connectivity index (χ4v) is 1.95. The molecule has 0 bridgehead atoms. The molecule has 1 fully saturated rings. The lowest BCUT2D eigenvalue weighted by atomic mass is 10.2. The Kier molecular flexibility index (Phi) is 3.57. The standard InChI is InChI=1S/C12H14N2O4/c1-13(9-5-3-2-4-6-9)12(15)10-7-8-11(18-10)14(16)17/h2-6,10-11H,7-8H2,1H3. The highest BCUT2D eigenvalue weighted by Gasteiger charge is 2.38. The number of rotatable bonds is 3. The fourth-order valence-electron chi connectivity index (χ4n) is 1.95. The van der Waals surface area contributed by atoms with E-state index in [0.717, 1.165) is 5.69 Å². The maximum Gasteiger partial charge on any atom is 0.316 e. The van der Waals surface area contributed by atoms with Crippen molar-refractivity contribution in [2.45, 2.75) is 25.2 Å². The molecule has 0 aliphatic carbocycles. The average Bonchev–Trinajstić information content (AvgIpc) is 2.88. The Morgan fingerprint density at radius 1 is 1.39 bits per heavy atom. The molecule has 2 atom stereocenters. The molecule has 1 heterocycles. The van der Waals surface area contributed by atoms with Crippen LogP contribution in [0, 0.1) is 10.1 Å². The van der Waals surface area contributed by atoms with E-state index in [1.807, 2.05) is 18.2 Å². The molecule has 0 spiro atoms. The summed E-state index contributed by atoms with van der Waals surface area (Å²) in [6.45, 7) is 0. The molecule has 96 valence electrons. The van der Waals surface area contributed by atoms with Gasteiger partial charge in [0.25, 0.3) is 5.91 Å². The van der Waals surface area contributed by atoms with Gasteiger partial charge in [0.05, 0.1) is 4.92 Å². The minimum atomic E-state index is -1.05. The summed E-state index contributed by atoms with van der Waals surface area (Å²) in [4.78, 5) is 23.6. The van der Waals surface area contributed by atoms with Crippen LogP contribution in [-0.4, -0.2) is 30.2 Å². The molecule has 0 saturated carbocycles. The van der Waals surface area contributed by atoms with Gasteiger partial charge in [-0.25, -0.2) is 0 Å². The van der Waals surface area contributed by atoms with Gasteiger partial charge >= 0.3 is 6.23 Å². The number of benzene rings is 1. The lowest BCUT2D eigenvalue weighted by molar-refractivity contribution is -0.570. The van der Waals surface area contributed by atoms with Crippen LogP contribution in [0.25, 0.3) is 0 Å². The quantitative estimate of drug-likeness (QED) is 0.601. The number of carbonyl (C=O) groups excluding carboxylic acids is 1. The summed E-state index contributed by atoms with van der Waals surface area (Å²) < 4.78 is 5.14. The Bertz CT molecular complexity index is 449. The van der Waals surface area contributed by atoms with Gasteiger partial charge in [0.2, 0.25) is 0 Å². The topological polar surface area (TPSA) is 72.7 Å². The van der Waals surface area contributed by atoms with Crippen molar-refractivity contribution >= 4 is 11.6 Å². The number of anilines is 1. The van der Waals surface area contributed by atoms with Crippen molar-refractivity contribution in [3.05, 3.63) is 40.4 Å². The lowest BCUT2D eigenvalue weighted by Gasteiger charge is -2.20. The monoisotopic (exact) mass is 250 g/mol. The second kappa shape index (κ2) is 5.14. The molecule has 1 aromatic carbocycles. The first-order chi connectivity index (χ1) is 8.59. The summed E-state index contributed by atoms with van der Waals surface area (Å²) in [5.41, 5.74) is 0.746. The highest BCUT2D eigenvalue weighted by atomic mass is 16.7. The van der Waals surface area contributed by atoms with Gasteiger partial charge in [0.1, 0.15) is 6.10 Å². The molecule has 1 aromatic rings. The summed E-state index contributed by atoms with van der Waals surface area (Å²) in [6.07, 6.45) is -1.10. The Morgan fingerprint density at radius 2 is 2.06 bits per heavy atom. The van der Waals surface area contributed by atoms with Gasteiger partial charge in [-0.1, -0.05) is 18.2 Å². The van der Waals surface area contributed by atoms with Crippen molar-refractivity contribution in [1.82, 2.24) is 0 Å². The highest BCUT2D eigenvalue weighted by Crippen LogP contribution is 2.23. The minimum absolute atomic E-state index is 0.245. The van der Waals surface area contributed by atoms with Gasteiger partial charge in [0.15, 0.2) is 0 Å². The number of likely N-dealkylation sites (N-methyl/N-ethyl adjacent to an activating group) is 1. The highest BCUT2D eigenvalue weighted by molar-refractivity contribution is 5.96. The first-order valence-corrected chi connectivity index (χ1v) is 5.71. The van der Waals surface area contributed by atoms with Crippen LogP contribution in [0.5, 0.6) is 0 Å². The SMILES string of the molecule is CN(C(=O)C1CCC([N+](=O)[O-])O1)c1ccccc1. The van der Waals surface area contributed by atoms with Gasteiger partial charge in [-0.2, -0.15) is 0 Å². The molecular weight excluding hydrogens is 236 g/mol. The molecule has 6 nitrogen and oxygen atoms in total. The Morgan fingerprint density at radius 3 is 2.61 bits per heavy atom. The Balaban J connectivity index is 2.02. The van der Waals surface area contributed by atoms with Gasteiger partial charge in [-0.15, -0.1) is 0 Å². The lowest BCUT2D eigenvalue weighted by Crippen LogP contribution is -2.37. The third kappa shape index (κ3) is 2.48. The molecule has 18 heavy (non-hydrogen) atoms. The number of para-hydroxylation sites is 1. The van der Waals surface area contributed by atoms with Crippen LogP contribution in [-0.2, 0) is 9.53 Å². The zero-order valence-electron chi connectivity index (χ0n) is 9.98. The van der Waals surface area contributed by atoms with Crippen LogP contribution in [0.3, 0.4) is 0 Å². The van der Waals surface area contributed by atoms with E-state index >= 15 is 0 Å². The first-order valence-electron chi connectivity index (χ1n) is 5.71. The van der Waals surface area contributed by atoms with Crippen molar-refractivity contribution in [2.24, 2.45) is 0 Å². The van der Waals surface area contributed by atoms with E-state index in [1.165, 1.54) is 4.90 Å². The van der Waals surface area contributed by atoms with E-state index in [-0.39, 0.29) is 12.3 Å². The van der Waals surface area contributed by atoms with E-state index in [1.54, 1.807) is 19.2 Å². The summed E-state index contributed by atoms with van der Waals surface area (Å²) >= 11 is 0. The maximum absolute atomic E-state index is 12.1. The molecule has 0 N–H and O–H groups in total. The minimum Gasteiger partial charge on any atom is -0.313 e.